The number of rotatable bonds is 2. The molecule has 2 amide bonds. The molecule has 3 heterocycles. The maximum atomic E-state index is 11.8. The van der Waals surface area contributed by atoms with E-state index in [4.69, 9.17) is 0 Å². The summed E-state index contributed by atoms with van der Waals surface area (Å²) in [5, 5.41) is 6.45. The Morgan fingerprint density at radius 3 is 2.45 bits per heavy atom. The number of nitrogens with zero attached hydrogens (tertiary/aromatic N) is 4. The van der Waals surface area contributed by atoms with Crippen molar-refractivity contribution in [1.82, 2.24) is 20.0 Å². The number of anilines is 1. The van der Waals surface area contributed by atoms with E-state index >= 15 is 0 Å². The monoisotopic (exact) mass is 321 g/mol. The Kier molecular flexibility index (Phi) is 3.96. The van der Waals surface area contributed by atoms with Gasteiger partial charge in [0.05, 0.1) is 10.6 Å². The van der Waals surface area contributed by atoms with Gasteiger partial charge in [-0.3, -0.25) is 19.6 Å². The van der Waals surface area contributed by atoms with Gasteiger partial charge in [0.15, 0.2) is 0 Å². The summed E-state index contributed by atoms with van der Waals surface area (Å²) in [4.78, 5) is 28.1. The molecule has 22 heavy (non-hydrogen) atoms. The van der Waals surface area contributed by atoms with Crippen molar-refractivity contribution < 1.29 is 9.59 Å². The van der Waals surface area contributed by atoms with E-state index in [-0.39, 0.29) is 11.1 Å². The summed E-state index contributed by atoms with van der Waals surface area (Å²) in [6, 6.07) is 0. The minimum atomic E-state index is -0.331. The van der Waals surface area contributed by atoms with Gasteiger partial charge in [-0.15, -0.1) is 0 Å². The second-order valence-corrected chi connectivity index (χ2v) is 6.60. The predicted molar refractivity (Wildman–Crippen MR) is 86.8 cm³/mol. The van der Waals surface area contributed by atoms with E-state index in [2.05, 4.69) is 27.3 Å². The lowest BCUT2D eigenvalue weighted by molar-refractivity contribution is -0.115. The maximum absolute atomic E-state index is 11.8. The van der Waals surface area contributed by atoms with Crippen molar-refractivity contribution in [2.45, 2.75) is 6.92 Å². The number of aryl methyl sites for hydroxylation is 2. The average molecular weight is 321 g/mol. The number of imide groups is 1. The molecule has 0 aliphatic carbocycles. The fraction of sp³-hybridized carbons (Fsp3) is 0.500. The molecule has 1 aromatic rings. The SMILES string of the molecule is Cc1nn(C)c(N2CCN(C)CC2)c1C=C1SC(=O)NC1=O. The molecule has 0 bridgehead atoms. The molecular weight excluding hydrogens is 302 g/mol. The highest BCUT2D eigenvalue weighted by Gasteiger charge is 2.28. The van der Waals surface area contributed by atoms with Crippen LogP contribution in [0.5, 0.6) is 0 Å². The lowest BCUT2D eigenvalue weighted by atomic mass is 10.2. The molecule has 1 N–H and O–H groups in total. The third-order valence-electron chi connectivity index (χ3n) is 3.96. The van der Waals surface area contributed by atoms with Gasteiger partial charge in [-0.2, -0.15) is 5.10 Å². The van der Waals surface area contributed by atoms with Crippen LogP contribution in [-0.2, 0) is 11.8 Å². The van der Waals surface area contributed by atoms with Crippen LogP contribution >= 0.6 is 11.8 Å². The minimum absolute atomic E-state index is 0.320. The van der Waals surface area contributed by atoms with Gasteiger partial charge in [0.2, 0.25) is 0 Å². The van der Waals surface area contributed by atoms with E-state index in [0.29, 0.717) is 4.91 Å². The Morgan fingerprint density at radius 2 is 1.86 bits per heavy atom. The first-order valence-electron chi connectivity index (χ1n) is 7.17. The van der Waals surface area contributed by atoms with E-state index in [1.54, 1.807) is 6.08 Å². The minimum Gasteiger partial charge on any atom is -0.354 e. The molecule has 0 atom stereocenters. The van der Waals surface area contributed by atoms with Crippen molar-refractivity contribution in [3.63, 3.8) is 0 Å². The summed E-state index contributed by atoms with van der Waals surface area (Å²) in [6.07, 6.45) is 1.78. The van der Waals surface area contributed by atoms with Crippen LogP contribution in [0.4, 0.5) is 10.6 Å². The molecule has 7 nitrogen and oxygen atoms in total. The molecule has 0 unspecified atom stereocenters. The number of carbonyl (C=O) groups is 2. The number of carbonyl (C=O) groups excluding carboxylic acids is 2. The first-order chi connectivity index (χ1) is 10.5. The molecule has 2 saturated heterocycles. The zero-order valence-corrected chi connectivity index (χ0v) is 13.7. The Morgan fingerprint density at radius 1 is 1.18 bits per heavy atom. The van der Waals surface area contributed by atoms with E-state index in [1.165, 1.54) is 0 Å². The van der Waals surface area contributed by atoms with Crippen LogP contribution in [0.1, 0.15) is 11.3 Å². The molecule has 8 heteroatoms. The topological polar surface area (TPSA) is 70.5 Å². The molecule has 118 valence electrons. The third kappa shape index (κ3) is 2.76. The number of likely N-dealkylation sites (N-methyl/N-ethyl adjacent to an activating group) is 1. The Bertz CT molecular complexity index is 658. The molecule has 0 radical (unpaired) electrons. The molecule has 0 saturated carbocycles. The van der Waals surface area contributed by atoms with Gasteiger partial charge in [-0.25, -0.2) is 0 Å². The molecular formula is C14H19N5O2S. The standard InChI is InChI=1S/C14H19N5O2S/c1-9-10(8-11-12(20)15-14(21)22-11)13(18(3)16-9)19-6-4-17(2)5-7-19/h8H,4-7H2,1-3H3,(H,15,20,21). The average Bonchev–Trinajstić information content (AvgIpc) is 2.91. The first-order valence-corrected chi connectivity index (χ1v) is 7.99. The molecule has 2 aliphatic heterocycles. The largest absolute Gasteiger partial charge is 0.354 e. The van der Waals surface area contributed by atoms with Crippen LogP contribution in [0.3, 0.4) is 0 Å². The van der Waals surface area contributed by atoms with E-state index in [9.17, 15) is 9.59 Å². The lowest BCUT2D eigenvalue weighted by Gasteiger charge is -2.34. The highest BCUT2D eigenvalue weighted by Crippen LogP contribution is 2.31. The van der Waals surface area contributed by atoms with Gasteiger partial charge in [0.25, 0.3) is 11.1 Å². The van der Waals surface area contributed by atoms with E-state index in [0.717, 1.165) is 55.0 Å². The molecule has 2 fully saturated rings. The summed E-state index contributed by atoms with van der Waals surface area (Å²) >= 11 is 0.940. The number of piperazine rings is 1. The summed E-state index contributed by atoms with van der Waals surface area (Å²) in [6.45, 7) is 5.75. The zero-order valence-electron chi connectivity index (χ0n) is 12.9. The van der Waals surface area contributed by atoms with Crippen molar-refractivity contribution in [1.29, 1.82) is 0 Å². The molecule has 0 aromatic carbocycles. The molecule has 2 aliphatic rings. The first kappa shape index (κ1) is 15.1. The van der Waals surface area contributed by atoms with Crippen molar-refractivity contribution in [2.75, 3.05) is 38.1 Å². The number of amides is 2. The van der Waals surface area contributed by atoms with Gasteiger partial charge in [-0.05, 0) is 31.8 Å². The Labute approximate surface area is 133 Å². The fourth-order valence-corrected chi connectivity index (χ4v) is 3.44. The Hall–Kier alpha value is -1.80. The van der Waals surface area contributed by atoms with Crippen LogP contribution in [0.15, 0.2) is 4.91 Å². The number of nitrogens with one attached hydrogen (secondary N) is 1. The number of thioether (sulfide) groups is 1. The van der Waals surface area contributed by atoms with Gasteiger partial charge >= 0.3 is 0 Å². The van der Waals surface area contributed by atoms with E-state index in [1.807, 2.05) is 18.7 Å². The third-order valence-corrected chi connectivity index (χ3v) is 4.77. The van der Waals surface area contributed by atoms with Crippen molar-refractivity contribution >= 4 is 34.8 Å². The second kappa shape index (κ2) is 5.77. The number of hydrogen-bond donors (Lipinski definition) is 1. The van der Waals surface area contributed by atoms with Crippen molar-refractivity contribution in [3.8, 4) is 0 Å². The summed E-state index contributed by atoms with van der Waals surface area (Å²) in [7, 11) is 4.02. The smallest absolute Gasteiger partial charge is 0.290 e. The maximum Gasteiger partial charge on any atom is 0.290 e. The summed E-state index contributed by atoms with van der Waals surface area (Å²) in [5.74, 6) is 0.674. The number of hydrogen-bond acceptors (Lipinski definition) is 6. The quantitative estimate of drug-likeness (QED) is 0.813. The van der Waals surface area contributed by atoms with Crippen LogP contribution in [0.2, 0.25) is 0 Å². The fourth-order valence-electron chi connectivity index (χ4n) is 2.78. The zero-order chi connectivity index (χ0) is 15.9. The highest BCUT2D eigenvalue weighted by molar-refractivity contribution is 8.18. The highest BCUT2D eigenvalue weighted by atomic mass is 32.2. The van der Waals surface area contributed by atoms with E-state index < -0.39 is 0 Å². The molecule has 3 rings (SSSR count). The van der Waals surface area contributed by atoms with Crippen molar-refractivity contribution in [3.05, 3.63) is 16.2 Å². The lowest BCUT2D eigenvalue weighted by Crippen LogP contribution is -2.45. The molecule has 0 spiro atoms. The molecule has 1 aromatic heterocycles. The van der Waals surface area contributed by atoms with Crippen LogP contribution < -0.4 is 10.2 Å². The number of aromatic nitrogens is 2. The van der Waals surface area contributed by atoms with Crippen LogP contribution in [0, 0.1) is 6.92 Å². The Balaban J connectivity index is 1.96. The summed E-state index contributed by atoms with van der Waals surface area (Å²) < 4.78 is 1.85. The predicted octanol–water partition coefficient (Wildman–Crippen LogP) is 0.804. The van der Waals surface area contributed by atoms with Crippen molar-refractivity contribution in [2.24, 2.45) is 7.05 Å². The van der Waals surface area contributed by atoms with Gasteiger partial charge < -0.3 is 9.80 Å². The van der Waals surface area contributed by atoms with Gasteiger partial charge in [0, 0.05) is 38.8 Å². The summed E-state index contributed by atoms with van der Waals surface area (Å²) in [5.41, 5.74) is 1.77. The van der Waals surface area contributed by atoms with Crippen LogP contribution in [-0.4, -0.2) is 59.1 Å². The van der Waals surface area contributed by atoms with Gasteiger partial charge in [0.1, 0.15) is 5.82 Å². The van der Waals surface area contributed by atoms with Gasteiger partial charge in [-0.1, -0.05) is 0 Å². The van der Waals surface area contributed by atoms with Crippen LogP contribution in [0.25, 0.3) is 6.08 Å². The normalized spacial score (nSPS) is 21.8. The second-order valence-electron chi connectivity index (χ2n) is 5.59.